The van der Waals surface area contributed by atoms with E-state index in [1.807, 2.05) is 6.92 Å². The molecule has 0 spiro atoms. The number of rotatable bonds is 2. The van der Waals surface area contributed by atoms with Crippen molar-refractivity contribution in [3.8, 4) is 0 Å². The average molecular weight is 292 g/mol. The largest absolute Gasteiger partial charge is 0.417 e. The van der Waals surface area contributed by atoms with Gasteiger partial charge in [0.25, 0.3) is 0 Å². The number of hydrogen-bond acceptors (Lipinski definition) is 1. The second-order valence-corrected chi connectivity index (χ2v) is 7.23. The fourth-order valence-corrected chi connectivity index (χ4v) is 4.62. The SMILES string of the molecule is CCCC1CC(O)(C(F)(F)F)CC2CCCCCC12C. The minimum atomic E-state index is -4.49. The summed E-state index contributed by atoms with van der Waals surface area (Å²) >= 11 is 0. The van der Waals surface area contributed by atoms with E-state index in [4.69, 9.17) is 0 Å². The summed E-state index contributed by atoms with van der Waals surface area (Å²) in [6.45, 7) is 4.20. The standard InChI is InChI=1S/C16H27F3O/c1-3-7-12-10-15(20,16(17,18)19)11-13-8-5-4-6-9-14(12,13)2/h12-13,20H,3-11H2,1-2H3. The number of alkyl halides is 3. The maximum absolute atomic E-state index is 13.3. The van der Waals surface area contributed by atoms with Gasteiger partial charge in [-0.3, -0.25) is 0 Å². The van der Waals surface area contributed by atoms with Gasteiger partial charge in [0.2, 0.25) is 0 Å². The summed E-state index contributed by atoms with van der Waals surface area (Å²) in [5, 5.41) is 10.2. The molecule has 0 aromatic heterocycles. The van der Waals surface area contributed by atoms with Crippen LogP contribution in [0.25, 0.3) is 0 Å². The van der Waals surface area contributed by atoms with Gasteiger partial charge in [-0.1, -0.05) is 46.0 Å². The number of aliphatic hydroxyl groups is 1. The lowest BCUT2D eigenvalue weighted by atomic mass is 9.54. The predicted molar refractivity (Wildman–Crippen MR) is 73.3 cm³/mol. The van der Waals surface area contributed by atoms with Gasteiger partial charge in [-0.05, 0) is 42.9 Å². The molecule has 2 aliphatic carbocycles. The highest BCUT2D eigenvalue weighted by molar-refractivity contribution is 5.04. The number of fused-ring (bicyclic) bond motifs is 1. The van der Waals surface area contributed by atoms with E-state index in [9.17, 15) is 18.3 Å². The highest BCUT2D eigenvalue weighted by Crippen LogP contribution is 2.59. The van der Waals surface area contributed by atoms with Gasteiger partial charge in [0.1, 0.15) is 0 Å². The Hall–Kier alpha value is -0.250. The van der Waals surface area contributed by atoms with E-state index < -0.39 is 11.8 Å². The third-order valence-corrected chi connectivity index (χ3v) is 5.97. The van der Waals surface area contributed by atoms with Crippen molar-refractivity contribution < 1.29 is 18.3 Å². The first-order valence-electron chi connectivity index (χ1n) is 8.02. The van der Waals surface area contributed by atoms with Crippen molar-refractivity contribution in [3.63, 3.8) is 0 Å². The highest BCUT2D eigenvalue weighted by atomic mass is 19.4. The van der Waals surface area contributed by atoms with Crippen molar-refractivity contribution in [2.45, 2.75) is 83.4 Å². The summed E-state index contributed by atoms with van der Waals surface area (Å²) < 4.78 is 39.8. The van der Waals surface area contributed by atoms with Crippen LogP contribution in [0.3, 0.4) is 0 Å². The van der Waals surface area contributed by atoms with Crippen LogP contribution >= 0.6 is 0 Å². The zero-order chi connectivity index (χ0) is 15.0. The zero-order valence-electron chi connectivity index (χ0n) is 12.6. The molecule has 4 atom stereocenters. The van der Waals surface area contributed by atoms with Crippen molar-refractivity contribution in [1.29, 1.82) is 0 Å². The van der Waals surface area contributed by atoms with Crippen LogP contribution in [0.5, 0.6) is 0 Å². The van der Waals surface area contributed by atoms with Gasteiger partial charge in [-0.25, -0.2) is 0 Å². The normalized spacial score (nSPS) is 42.9. The molecule has 2 rings (SSSR count). The number of hydrogen-bond donors (Lipinski definition) is 1. The lowest BCUT2D eigenvalue weighted by molar-refractivity contribution is -0.291. The Bertz CT molecular complexity index is 341. The summed E-state index contributed by atoms with van der Waals surface area (Å²) in [6, 6.07) is 0. The van der Waals surface area contributed by atoms with E-state index in [0.717, 1.165) is 44.9 Å². The molecule has 0 radical (unpaired) electrons. The van der Waals surface area contributed by atoms with Gasteiger partial charge in [-0.2, -0.15) is 13.2 Å². The van der Waals surface area contributed by atoms with Crippen molar-refractivity contribution in [2.24, 2.45) is 17.3 Å². The first kappa shape index (κ1) is 16.1. The molecule has 0 aliphatic heterocycles. The molecule has 1 nitrogen and oxygen atoms in total. The topological polar surface area (TPSA) is 20.2 Å². The Morgan fingerprint density at radius 3 is 2.45 bits per heavy atom. The first-order valence-corrected chi connectivity index (χ1v) is 8.02. The molecule has 0 aromatic rings. The molecular formula is C16H27F3O. The van der Waals surface area contributed by atoms with Gasteiger partial charge in [0.15, 0.2) is 5.60 Å². The highest BCUT2D eigenvalue weighted by Gasteiger charge is 2.61. The summed E-state index contributed by atoms with van der Waals surface area (Å²) in [4.78, 5) is 0. The van der Waals surface area contributed by atoms with Crippen LogP contribution in [0.15, 0.2) is 0 Å². The molecule has 20 heavy (non-hydrogen) atoms. The Kier molecular flexibility index (Phi) is 4.44. The lowest BCUT2D eigenvalue weighted by Crippen LogP contribution is -2.56. The fourth-order valence-electron chi connectivity index (χ4n) is 4.62. The van der Waals surface area contributed by atoms with Crippen LogP contribution in [0.1, 0.15) is 71.6 Å². The van der Waals surface area contributed by atoms with Crippen molar-refractivity contribution >= 4 is 0 Å². The molecule has 4 unspecified atom stereocenters. The van der Waals surface area contributed by atoms with Crippen LogP contribution in [0.2, 0.25) is 0 Å². The average Bonchev–Trinajstić information content (AvgIpc) is 2.51. The van der Waals surface area contributed by atoms with Crippen LogP contribution in [-0.4, -0.2) is 16.9 Å². The van der Waals surface area contributed by atoms with Gasteiger partial charge in [0.05, 0.1) is 0 Å². The molecule has 0 bridgehead atoms. The maximum atomic E-state index is 13.3. The summed E-state index contributed by atoms with van der Waals surface area (Å²) in [6.07, 6.45) is 2.12. The first-order chi connectivity index (χ1) is 9.23. The van der Waals surface area contributed by atoms with Crippen LogP contribution in [-0.2, 0) is 0 Å². The smallest absolute Gasteiger partial charge is 0.380 e. The second kappa shape index (κ2) is 5.51. The molecule has 0 amide bonds. The van der Waals surface area contributed by atoms with Crippen molar-refractivity contribution in [3.05, 3.63) is 0 Å². The fraction of sp³-hybridized carbons (Fsp3) is 1.00. The summed E-state index contributed by atoms with van der Waals surface area (Å²) in [5.74, 6) is 0.0119. The molecule has 4 heteroatoms. The molecule has 118 valence electrons. The van der Waals surface area contributed by atoms with E-state index in [0.29, 0.717) is 0 Å². The predicted octanol–water partition coefficient (Wildman–Crippen LogP) is 5.08. The maximum Gasteiger partial charge on any atom is 0.417 e. The zero-order valence-corrected chi connectivity index (χ0v) is 12.6. The van der Waals surface area contributed by atoms with Crippen LogP contribution in [0, 0.1) is 17.3 Å². The Morgan fingerprint density at radius 2 is 1.85 bits per heavy atom. The van der Waals surface area contributed by atoms with Gasteiger partial charge < -0.3 is 5.11 Å². The Morgan fingerprint density at radius 1 is 1.15 bits per heavy atom. The number of halogens is 3. The molecular weight excluding hydrogens is 265 g/mol. The summed E-state index contributed by atoms with van der Waals surface area (Å²) in [5.41, 5.74) is -2.47. The lowest BCUT2D eigenvalue weighted by Gasteiger charge is -2.53. The Balaban J connectivity index is 2.31. The molecule has 2 fully saturated rings. The van der Waals surface area contributed by atoms with E-state index in [1.165, 1.54) is 0 Å². The van der Waals surface area contributed by atoms with E-state index in [-0.39, 0.29) is 30.1 Å². The van der Waals surface area contributed by atoms with Gasteiger partial charge in [0, 0.05) is 0 Å². The van der Waals surface area contributed by atoms with Gasteiger partial charge >= 0.3 is 6.18 Å². The minimum absolute atomic E-state index is 0.00373. The van der Waals surface area contributed by atoms with Crippen molar-refractivity contribution in [2.75, 3.05) is 0 Å². The van der Waals surface area contributed by atoms with Gasteiger partial charge in [-0.15, -0.1) is 0 Å². The molecule has 0 aromatic carbocycles. The second-order valence-electron chi connectivity index (χ2n) is 7.23. The van der Waals surface area contributed by atoms with Crippen LogP contribution in [0.4, 0.5) is 13.2 Å². The third kappa shape index (κ3) is 2.72. The summed E-state index contributed by atoms with van der Waals surface area (Å²) in [7, 11) is 0. The van der Waals surface area contributed by atoms with Crippen molar-refractivity contribution in [1.82, 2.24) is 0 Å². The Labute approximate surface area is 119 Å². The third-order valence-electron chi connectivity index (χ3n) is 5.97. The van der Waals surface area contributed by atoms with E-state index in [1.54, 1.807) is 0 Å². The van der Waals surface area contributed by atoms with E-state index >= 15 is 0 Å². The monoisotopic (exact) mass is 292 g/mol. The molecule has 1 N–H and O–H groups in total. The molecule has 2 aliphatic rings. The quantitative estimate of drug-likeness (QED) is 0.752. The molecule has 2 saturated carbocycles. The minimum Gasteiger partial charge on any atom is -0.380 e. The molecule has 0 saturated heterocycles. The molecule has 0 heterocycles. The van der Waals surface area contributed by atoms with Crippen LogP contribution < -0.4 is 0 Å². The van der Waals surface area contributed by atoms with E-state index in [2.05, 4.69) is 6.92 Å².